The summed E-state index contributed by atoms with van der Waals surface area (Å²) >= 11 is 1.55. The Labute approximate surface area is 120 Å². The van der Waals surface area contributed by atoms with E-state index in [1.54, 1.807) is 27.9 Å². The summed E-state index contributed by atoms with van der Waals surface area (Å²) in [6, 6.07) is 8.26. The quantitative estimate of drug-likeness (QED) is 0.697. The van der Waals surface area contributed by atoms with Crippen LogP contribution in [-0.4, -0.2) is 4.40 Å². The first-order valence-electron chi connectivity index (χ1n) is 6.50. The molecule has 0 bridgehead atoms. The first kappa shape index (κ1) is 13.1. The zero-order chi connectivity index (χ0) is 14.3. The molecule has 0 unspecified atom stereocenters. The SMILES string of the molecule is CCc1cc2scc(C)n2c(=O)c1-c1cccc(F)c1. The molecule has 0 N–H and O–H groups in total. The van der Waals surface area contributed by atoms with E-state index in [0.29, 0.717) is 11.1 Å². The standard InChI is InChI=1S/C16H14FNOS/c1-3-11-8-14-18(10(2)9-20-14)16(19)15(11)12-5-4-6-13(17)7-12/h4-9H,3H2,1-2H3. The molecule has 4 heteroatoms. The number of hydrogen-bond donors (Lipinski definition) is 0. The zero-order valence-electron chi connectivity index (χ0n) is 11.3. The Kier molecular flexibility index (Phi) is 3.18. The van der Waals surface area contributed by atoms with Crippen molar-refractivity contribution in [3.05, 3.63) is 63.1 Å². The summed E-state index contributed by atoms with van der Waals surface area (Å²) in [5, 5.41) is 1.96. The van der Waals surface area contributed by atoms with Gasteiger partial charge in [-0.15, -0.1) is 11.3 Å². The van der Waals surface area contributed by atoms with Gasteiger partial charge in [0.25, 0.3) is 5.56 Å². The van der Waals surface area contributed by atoms with Gasteiger partial charge in [0.2, 0.25) is 0 Å². The summed E-state index contributed by atoms with van der Waals surface area (Å²) in [5.74, 6) is -0.323. The van der Waals surface area contributed by atoms with Crippen LogP contribution < -0.4 is 5.56 Å². The summed E-state index contributed by atoms with van der Waals surface area (Å²) in [5.41, 5.74) is 3.05. The fraction of sp³-hybridized carbons (Fsp3) is 0.188. The van der Waals surface area contributed by atoms with Crippen molar-refractivity contribution in [2.45, 2.75) is 20.3 Å². The van der Waals surface area contributed by atoms with Crippen molar-refractivity contribution in [2.75, 3.05) is 0 Å². The molecule has 0 amide bonds. The second-order valence-electron chi connectivity index (χ2n) is 4.76. The van der Waals surface area contributed by atoms with Crippen molar-refractivity contribution in [1.82, 2.24) is 4.40 Å². The van der Waals surface area contributed by atoms with Gasteiger partial charge in [-0.3, -0.25) is 9.20 Å². The van der Waals surface area contributed by atoms with Crippen molar-refractivity contribution >= 4 is 16.2 Å². The third-order valence-electron chi connectivity index (χ3n) is 3.45. The molecule has 2 aromatic heterocycles. The number of thiazole rings is 1. The van der Waals surface area contributed by atoms with Gasteiger partial charge in [-0.2, -0.15) is 0 Å². The van der Waals surface area contributed by atoms with Crippen LogP contribution in [0.3, 0.4) is 0 Å². The number of rotatable bonds is 2. The predicted octanol–water partition coefficient (Wildman–Crippen LogP) is 4.04. The molecule has 3 aromatic rings. The molecule has 102 valence electrons. The molecule has 0 saturated carbocycles. The van der Waals surface area contributed by atoms with Crippen LogP contribution in [0.2, 0.25) is 0 Å². The Morgan fingerprint density at radius 2 is 2.10 bits per heavy atom. The number of aryl methyl sites for hydroxylation is 2. The van der Waals surface area contributed by atoms with Crippen molar-refractivity contribution in [3.8, 4) is 11.1 Å². The molecule has 0 aliphatic carbocycles. The van der Waals surface area contributed by atoms with Crippen LogP contribution >= 0.6 is 11.3 Å². The van der Waals surface area contributed by atoms with E-state index in [9.17, 15) is 9.18 Å². The first-order valence-corrected chi connectivity index (χ1v) is 7.38. The lowest BCUT2D eigenvalue weighted by atomic mass is 10.00. The topological polar surface area (TPSA) is 21.5 Å². The summed E-state index contributed by atoms with van der Waals surface area (Å²) in [6.07, 6.45) is 0.745. The molecule has 3 rings (SSSR count). The molecular formula is C16H14FNOS. The summed E-state index contributed by atoms with van der Waals surface area (Å²) in [6.45, 7) is 3.92. The Morgan fingerprint density at radius 3 is 2.80 bits per heavy atom. The molecule has 1 aromatic carbocycles. The van der Waals surface area contributed by atoms with Gasteiger partial charge in [0.15, 0.2) is 0 Å². The third kappa shape index (κ3) is 1.96. The Morgan fingerprint density at radius 1 is 1.30 bits per heavy atom. The van der Waals surface area contributed by atoms with Crippen LogP contribution in [0.25, 0.3) is 16.0 Å². The number of aromatic nitrogens is 1. The molecule has 0 fully saturated rings. The maximum atomic E-state index is 13.4. The number of nitrogens with zero attached hydrogens (tertiary/aromatic N) is 1. The number of halogens is 1. The highest BCUT2D eigenvalue weighted by Crippen LogP contribution is 2.25. The molecule has 0 saturated heterocycles. The molecule has 0 atom stereocenters. The number of benzene rings is 1. The van der Waals surface area contributed by atoms with Crippen LogP contribution in [0.5, 0.6) is 0 Å². The number of fused-ring (bicyclic) bond motifs is 1. The van der Waals surface area contributed by atoms with E-state index in [2.05, 4.69) is 0 Å². The smallest absolute Gasteiger partial charge is 0.264 e. The Bertz CT molecular complexity index is 847. The van der Waals surface area contributed by atoms with Gasteiger partial charge in [0.1, 0.15) is 10.6 Å². The lowest BCUT2D eigenvalue weighted by Crippen LogP contribution is -2.17. The van der Waals surface area contributed by atoms with Crippen LogP contribution in [0.4, 0.5) is 4.39 Å². The predicted molar refractivity (Wildman–Crippen MR) is 81.1 cm³/mol. The van der Waals surface area contributed by atoms with Crippen molar-refractivity contribution in [3.63, 3.8) is 0 Å². The third-order valence-corrected chi connectivity index (χ3v) is 4.45. The van der Waals surface area contributed by atoms with Crippen LogP contribution in [0.15, 0.2) is 40.5 Å². The second-order valence-corrected chi connectivity index (χ2v) is 5.65. The fourth-order valence-electron chi connectivity index (χ4n) is 2.49. The summed E-state index contributed by atoms with van der Waals surface area (Å²) < 4.78 is 15.1. The van der Waals surface area contributed by atoms with E-state index in [1.807, 2.05) is 25.3 Å². The van der Waals surface area contributed by atoms with Gasteiger partial charge in [-0.1, -0.05) is 19.1 Å². The summed E-state index contributed by atoms with van der Waals surface area (Å²) in [4.78, 5) is 13.7. The highest BCUT2D eigenvalue weighted by atomic mass is 32.1. The normalized spacial score (nSPS) is 11.2. The van der Waals surface area contributed by atoms with Crippen molar-refractivity contribution in [1.29, 1.82) is 0 Å². The van der Waals surface area contributed by atoms with E-state index in [1.165, 1.54) is 12.1 Å². The average Bonchev–Trinajstić information content (AvgIpc) is 2.80. The lowest BCUT2D eigenvalue weighted by molar-refractivity contribution is 0.628. The average molecular weight is 287 g/mol. The van der Waals surface area contributed by atoms with Crippen LogP contribution in [0.1, 0.15) is 18.2 Å². The number of pyridine rings is 1. The van der Waals surface area contributed by atoms with Gasteiger partial charge in [-0.25, -0.2) is 4.39 Å². The molecule has 2 nitrogen and oxygen atoms in total. The molecule has 2 heterocycles. The molecule has 0 spiro atoms. The van der Waals surface area contributed by atoms with Crippen molar-refractivity contribution < 1.29 is 4.39 Å². The van der Waals surface area contributed by atoms with Crippen molar-refractivity contribution in [2.24, 2.45) is 0 Å². The highest BCUT2D eigenvalue weighted by Gasteiger charge is 2.14. The molecule has 20 heavy (non-hydrogen) atoms. The van der Waals surface area contributed by atoms with E-state index in [-0.39, 0.29) is 11.4 Å². The molecule has 0 aliphatic rings. The second kappa shape index (κ2) is 4.87. The minimum Gasteiger partial charge on any atom is -0.271 e. The molecule has 0 radical (unpaired) electrons. The lowest BCUT2D eigenvalue weighted by Gasteiger charge is -2.09. The minimum atomic E-state index is -0.323. The first-order chi connectivity index (χ1) is 9.61. The van der Waals surface area contributed by atoms with Crippen LogP contribution in [0, 0.1) is 12.7 Å². The number of hydrogen-bond acceptors (Lipinski definition) is 2. The maximum Gasteiger partial charge on any atom is 0.264 e. The van der Waals surface area contributed by atoms with E-state index >= 15 is 0 Å². The maximum absolute atomic E-state index is 13.4. The molecular weight excluding hydrogens is 273 g/mol. The van der Waals surface area contributed by atoms with Crippen LogP contribution in [-0.2, 0) is 6.42 Å². The Balaban J connectivity index is 2.42. The highest BCUT2D eigenvalue weighted by molar-refractivity contribution is 7.15. The van der Waals surface area contributed by atoms with E-state index in [4.69, 9.17) is 0 Å². The zero-order valence-corrected chi connectivity index (χ0v) is 12.1. The van der Waals surface area contributed by atoms with Gasteiger partial charge in [-0.05, 0) is 42.7 Å². The largest absolute Gasteiger partial charge is 0.271 e. The van der Waals surface area contributed by atoms with E-state index in [0.717, 1.165) is 22.5 Å². The minimum absolute atomic E-state index is 0.0660. The Hall–Kier alpha value is -1.94. The van der Waals surface area contributed by atoms with E-state index < -0.39 is 0 Å². The van der Waals surface area contributed by atoms with Gasteiger partial charge >= 0.3 is 0 Å². The van der Waals surface area contributed by atoms with Gasteiger partial charge in [0, 0.05) is 11.1 Å². The fourth-order valence-corrected chi connectivity index (χ4v) is 3.43. The monoisotopic (exact) mass is 287 g/mol. The molecule has 0 aliphatic heterocycles. The summed E-state index contributed by atoms with van der Waals surface area (Å²) in [7, 11) is 0. The van der Waals surface area contributed by atoms with Gasteiger partial charge in [0.05, 0.1) is 5.56 Å². The van der Waals surface area contributed by atoms with Gasteiger partial charge < -0.3 is 0 Å².